The van der Waals surface area contributed by atoms with Gasteiger partial charge in [0.2, 0.25) is 11.1 Å². The van der Waals surface area contributed by atoms with Gasteiger partial charge in [-0.25, -0.2) is 0 Å². The van der Waals surface area contributed by atoms with Gasteiger partial charge in [0.25, 0.3) is 0 Å². The quantitative estimate of drug-likeness (QED) is 0.714. The highest BCUT2D eigenvalue weighted by molar-refractivity contribution is 7.99. The van der Waals surface area contributed by atoms with Crippen molar-refractivity contribution < 1.29 is 14.3 Å². The van der Waals surface area contributed by atoms with Crippen LogP contribution >= 0.6 is 11.8 Å². The summed E-state index contributed by atoms with van der Waals surface area (Å²) in [7, 11) is 3.18. The van der Waals surface area contributed by atoms with E-state index >= 15 is 0 Å². The Morgan fingerprint density at radius 2 is 1.73 bits per heavy atom. The Morgan fingerprint density at radius 1 is 1.08 bits per heavy atom. The number of benzene rings is 1. The minimum absolute atomic E-state index is 0.134. The molecule has 1 aliphatic heterocycles. The lowest BCUT2D eigenvalue weighted by atomic mass is 10.2. The molecule has 1 aromatic heterocycles. The van der Waals surface area contributed by atoms with Crippen LogP contribution < -0.4 is 9.47 Å². The number of aromatic nitrogens is 4. The molecule has 1 aliphatic rings. The smallest absolute Gasteiger partial charge is 0.233 e. The molecule has 1 amide bonds. The van der Waals surface area contributed by atoms with Crippen LogP contribution in [0.5, 0.6) is 11.5 Å². The molecule has 3 rings (SSSR count). The number of methoxy groups -OCH3 is 2. The van der Waals surface area contributed by atoms with E-state index in [1.165, 1.54) is 24.6 Å². The van der Waals surface area contributed by atoms with Gasteiger partial charge in [0.1, 0.15) is 11.5 Å². The maximum Gasteiger partial charge on any atom is 0.233 e. The first kappa shape index (κ1) is 18.5. The first-order valence-electron chi connectivity index (χ1n) is 8.63. The first-order valence-corrected chi connectivity index (χ1v) is 9.62. The molecule has 0 atom stereocenters. The molecule has 2 aromatic rings. The summed E-state index contributed by atoms with van der Waals surface area (Å²) in [5.41, 5.74) is 0.718. The molecule has 9 heteroatoms. The molecule has 0 radical (unpaired) electrons. The summed E-state index contributed by atoms with van der Waals surface area (Å²) in [5, 5.41) is 12.4. The normalized spacial score (nSPS) is 14.8. The summed E-state index contributed by atoms with van der Waals surface area (Å²) in [4.78, 5) is 14.4. The van der Waals surface area contributed by atoms with Gasteiger partial charge in [-0.1, -0.05) is 24.6 Å². The van der Waals surface area contributed by atoms with Crippen molar-refractivity contribution in [2.24, 2.45) is 0 Å². The van der Waals surface area contributed by atoms with Gasteiger partial charge < -0.3 is 14.4 Å². The van der Waals surface area contributed by atoms with Crippen LogP contribution in [0, 0.1) is 0 Å². The van der Waals surface area contributed by atoms with E-state index in [0.717, 1.165) is 31.6 Å². The third-order valence-corrected chi connectivity index (χ3v) is 5.21. The summed E-state index contributed by atoms with van der Waals surface area (Å²) < 4.78 is 12.2. The Morgan fingerprint density at radius 3 is 2.35 bits per heavy atom. The number of carbonyl (C=O) groups excluding carboxylic acids is 1. The van der Waals surface area contributed by atoms with Gasteiger partial charge in [0.05, 0.1) is 25.7 Å². The third-order valence-electron chi connectivity index (χ3n) is 4.31. The van der Waals surface area contributed by atoms with Crippen molar-refractivity contribution in [1.82, 2.24) is 25.1 Å². The van der Waals surface area contributed by atoms with Crippen LogP contribution in [0.25, 0.3) is 5.69 Å². The van der Waals surface area contributed by atoms with Gasteiger partial charge in [-0.3, -0.25) is 4.79 Å². The molecule has 0 unspecified atom stereocenters. The van der Waals surface area contributed by atoms with E-state index in [0.29, 0.717) is 22.4 Å². The molecular formula is C17H23N5O3S. The predicted octanol–water partition coefficient (Wildman–Crippen LogP) is 2.17. The molecule has 0 spiro atoms. The Kier molecular flexibility index (Phi) is 6.32. The van der Waals surface area contributed by atoms with E-state index in [4.69, 9.17) is 9.47 Å². The molecule has 0 saturated carbocycles. The zero-order valence-electron chi connectivity index (χ0n) is 15.1. The van der Waals surface area contributed by atoms with Crippen molar-refractivity contribution in [3.8, 4) is 17.2 Å². The summed E-state index contributed by atoms with van der Waals surface area (Å²) in [5.74, 6) is 1.74. The molecule has 2 heterocycles. The average molecular weight is 377 g/mol. The molecule has 1 aromatic carbocycles. The number of tetrazole rings is 1. The van der Waals surface area contributed by atoms with Crippen LogP contribution in [-0.4, -0.2) is 64.1 Å². The molecule has 0 aliphatic carbocycles. The number of hydrogen-bond donors (Lipinski definition) is 0. The summed E-state index contributed by atoms with van der Waals surface area (Å²) in [6.45, 7) is 1.69. The van der Waals surface area contributed by atoms with Crippen LogP contribution in [0.2, 0.25) is 0 Å². The molecule has 140 valence electrons. The maximum atomic E-state index is 12.5. The standard InChI is InChI=1S/C17H23N5O3S/c1-24-14-9-13(10-15(11-14)25-2)22-17(18-19-20-22)26-12-16(23)21-7-5-3-4-6-8-21/h9-11H,3-8,12H2,1-2H3. The number of hydrogen-bond acceptors (Lipinski definition) is 7. The van der Waals surface area contributed by atoms with Gasteiger partial charge >= 0.3 is 0 Å². The van der Waals surface area contributed by atoms with Gasteiger partial charge in [-0.15, -0.1) is 5.10 Å². The monoisotopic (exact) mass is 377 g/mol. The zero-order chi connectivity index (χ0) is 18.4. The SMILES string of the molecule is COc1cc(OC)cc(-n2nnnc2SCC(=O)N2CCCCCC2)c1. The summed E-state index contributed by atoms with van der Waals surface area (Å²) >= 11 is 1.34. The largest absolute Gasteiger partial charge is 0.497 e. The van der Waals surface area contributed by atoms with Crippen LogP contribution in [-0.2, 0) is 4.79 Å². The minimum atomic E-state index is 0.134. The minimum Gasteiger partial charge on any atom is -0.497 e. The molecule has 1 saturated heterocycles. The van der Waals surface area contributed by atoms with Gasteiger partial charge in [-0.05, 0) is 23.3 Å². The fraction of sp³-hybridized carbons (Fsp3) is 0.529. The van der Waals surface area contributed by atoms with Crippen LogP contribution in [0.15, 0.2) is 23.4 Å². The number of amides is 1. The molecular weight excluding hydrogens is 354 g/mol. The van der Waals surface area contributed by atoms with E-state index in [1.54, 1.807) is 25.0 Å². The van der Waals surface area contributed by atoms with Crippen molar-refractivity contribution in [1.29, 1.82) is 0 Å². The third kappa shape index (κ3) is 4.46. The van der Waals surface area contributed by atoms with Gasteiger partial charge in [-0.2, -0.15) is 4.68 Å². The second kappa shape index (κ2) is 8.88. The number of carbonyl (C=O) groups is 1. The van der Waals surface area contributed by atoms with Crippen molar-refractivity contribution in [3.05, 3.63) is 18.2 Å². The van der Waals surface area contributed by atoms with Gasteiger partial charge in [0, 0.05) is 31.3 Å². The number of ether oxygens (including phenoxy) is 2. The molecule has 0 bridgehead atoms. The predicted molar refractivity (Wildman–Crippen MR) is 98.0 cm³/mol. The zero-order valence-corrected chi connectivity index (χ0v) is 15.9. The topological polar surface area (TPSA) is 82.4 Å². The van der Waals surface area contributed by atoms with Crippen molar-refractivity contribution >= 4 is 17.7 Å². The fourth-order valence-corrected chi connectivity index (χ4v) is 3.68. The highest BCUT2D eigenvalue weighted by Crippen LogP contribution is 2.27. The fourth-order valence-electron chi connectivity index (χ4n) is 2.88. The van der Waals surface area contributed by atoms with E-state index in [2.05, 4.69) is 15.5 Å². The van der Waals surface area contributed by atoms with Crippen LogP contribution in [0.1, 0.15) is 25.7 Å². The highest BCUT2D eigenvalue weighted by atomic mass is 32.2. The lowest BCUT2D eigenvalue weighted by Crippen LogP contribution is -2.33. The van der Waals surface area contributed by atoms with E-state index in [1.807, 2.05) is 17.0 Å². The second-order valence-corrected chi connectivity index (χ2v) is 6.97. The second-order valence-electron chi connectivity index (χ2n) is 6.03. The summed E-state index contributed by atoms with van der Waals surface area (Å²) in [6.07, 6.45) is 4.56. The molecule has 1 fully saturated rings. The Hall–Kier alpha value is -2.29. The highest BCUT2D eigenvalue weighted by Gasteiger charge is 2.18. The van der Waals surface area contributed by atoms with E-state index in [9.17, 15) is 4.79 Å². The Balaban J connectivity index is 1.71. The number of nitrogens with zero attached hydrogens (tertiary/aromatic N) is 5. The number of rotatable bonds is 6. The summed E-state index contributed by atoms with van der Waals surface area (Å²) in [6, 6.07) is 5.42. The Labute approximate surface area is 156 Å². The molecule has 26 heavy (non-hydrogen) atoms. The molecule has 0 N–H and O–H groups in total. The lowest BCUT2D eigenvalue weighted by Gasteiger charge is -2.19. The van der Waals surface area contributed by atoms with Crippen LogP contribution in [0.3, 0.4) is 0 Å². The van der Waals surface area contributed by atoms with Crippen molar-refractivity contribution in [3.63, 3.8) is 0 Å². The van der Waals surface area contributed by atoms with Gasteiger partial charge in [0.15, 0.2) is 0 Å². The van der Waals surface area contributed by atoms with Crippen LogP contribution in [0.4, 0.5) is 0 Å². The van der Waals surface area contributed by atoms with Crippen molar-refractivity contribution in [2.75, 3.05) is 33.1 Å². The first-order chi connectivity index (χ1) is 12.7. The average Bonchev–Trinajstić information content (AvgIpc) is 2.98. The number of thioether (sulfide) groups is 1. The lowest BCUT2D eigenvalue weighted by molar-refractivity contribution is -0.128. The van der Waals surface area contributed by atoms with Crippen molar-refractivity contribution in [2.45, 2.75) is 30.8 Å². The molecule has 8 nitrogen and oxygen atoms in total. The maximum absolute atomic E-state index is 12.5. The number of likely N-dealkylation sites (tertiary alicyclic amines) is 1. The Bertz CT molecular complexity index is 721. The van der Waals surface area contributed by atoms with E-state index in [-0.39, 0.29) is 5.91 Å². The van der Waals surface area contributed by atoms with E-state index < -0.39 is 0 Å².